The molecule has 1 aromatic rings. The van der Waals surface area contributed by atoms with Crippen LogP contribution in [-0.2, 0) is 0 Å². The van der Waals surface area contributed by atoms with E-state index in [1.165, 1.54) is 5.56 Å². The van der Waals surface area contributed by atoms with E-state index in [0.717, 1.165) is 12.8 Å². The Labute approximate surface area is 131 Å². The molecule has 21 heavy (non-hydrogen) atoms. The van der Waals surface area contributed by atoms with Crippen LogP contribution >= 0.6 is 0 Å². The van der Waals surface area contributed by atoms with Crippen molar-refractivity contribution in [2.75, 3.05) is 6.54 Å². The maximum atomic E-state index is 10.5. The third kappa shape index (κ3) is 7.63. The summed E-state index contributed by atoms with van der Waals surface area (Å²) in [5, 5.41) is 14.1. The van der Waals surface area contributed by atoms with E-state index in [-0.39, 0.29) is 11.5 Å². The fourth-order valence-corrected chi connectivity index (χ4v) is 2.90. The maximum Gasteiger partial charge on any atom is 0.0746 e. The van der Waals surface area contributed by atoms with Gasteiger partial charge in [-0.1, -0.05) is 65.0 Å². The minimum Gasteiger partial charge on any atom is -0.389 e. The predicted octanol–water partition coefficient (Wildman–Crippen LogP) is 4.55. The van der Waals surface area contributed by atoms with E-state index in [1.54, 1.807) is 0 Å². The summed E-state index contributed by atoms with van der Waals surface area (Å²) in [6.07, 6.45) is 1.87. The predicted molar refractivity (Wildman–Crippen MR) is 91.3 cm³/mol. The highest BCUT2D eigenvalue weighted by Gasteiger charge is 2.25. The number of hydrogen-bond acceptors (Lipinski definition) is 2. The summed E-state index contributed by atoms with van der Waals surface area (Å²) in [6.45, 7) is 13.6. The number of nitrogens with one attached hydrogen (secondary N) is 1. The lowest BCUT2D eigenvalue weighted by atomic mass is 9.85. The molecule has 0 aliphatic heterocycles. The van der Waals surface area contributed by atoms with Gasteiger partial charge in [0.25, 0.3) is 0 Å². The van der Waals surface area contributed by atoms with E-state index in [0.29, 0.717) is 12.5 Å². The summed E-state index contributed by atoms with van der Waals surface area (Å²) < 4.78 is 0. The van der Waals surface area contributed by atoms with Crippen LogP contribution in [0.2, 0.25) is 0 Å². The van der Waals surface area contributed by atoms with Crippen LogP contribution in [0, 0.1) is 11.3 Å². The highest BCUT2D eigenvalue weighted by atomic mass is 16.3. The van der Waals surface area contributed by atoms with Crippen molar-refractivity contribution >= 4 is 0 Å². The van der Waals surface area contributed by atoms with Gasteiger partial charge in [-0.2, -0.15) is 0 Å². The smallest absolute Gasteiger partial charge is 0.0746 e. The summed E-state index contributed by atoms with van der Waals surface area (Å²) >= 11 is 0. The Morgan fingerprint density at radius 3 is 2.05 bits per heavy atom. The molecule has 0 spiro atoms. The van der Waals surface area contributed by atoms with Gasteiger partial charge < -0.3 is 10.4 Å². The van der Waals surface area contributed by atoms with Crippen molar-refractivity contribution in [3.8, 4) is 0 Å². The van der Waals surface area contributed by atoms with Gasteiger partial charge in [-0.25, -0.2) is 0 Å². The highest BCUT2D eigenvalue weighted by Crippen LogP contribution is 2.30. The molecule has 0 amide bonds. The molecule has 2 nitrogen and oxygen atoms in total. The normalized spacial score (nSPS) is 16.8. The molecule has 0 fully saturated rings. The lowest BCUT2D eigenvalue weighted by molar-refractivity contribution is 0.0344. The Hall–Kier alpha value is -0.860. The lowest BCUT2D eigenvalue weighted by Gasteiger charge is -2.32. The van der Waals surface area contributed by atoms with Crippen molar-refractivity contribution in [2.45, 2.75) is 66.0 Å². The Kier molecular flexibility index (Phi) is 6.42. The molecular formula is C19H33NO. The van der Waals surface area contributed by atoms with Crippen LogP contribution in [0.3, 0.4) is 0 Å². The quantitative estimate of drug-likeness (QED) is 0.772. The van der Waals surface area contributed by atoms with Crippen LogP contribution in [0.1, 0.15) is 66.0 Å². The zero-order chi connectivity index (χ0) is 16.1. The molecule has 1 aromatic carbocycles. The largest absolute Gasteiger partial charge is 0.389 e. The number of aliphatic hydroxyl groups is 1. The Balaban J connectivity index is 2.75. The summed E-state index contributed by atoms with van der Waals surface area (Å²) in [7, 11) is 0. The van der Waals surface area contributed by atoms with Crippen molar-refractivity contribution in [3.05, 3.63) is 35.9 Å². The van der Waals surface area contributed by atoms with Gasteiger partial charge in [0.1, 0.15) is 0 Å². The summed E-state index contributed by atoms with van der Waals surface area (Å²) in [4.78, 5) is 0. The maximum absolute atomic E-state index is 10.5. The summed E-state index contributed by atoms with van der Waals surface area (Å²) in [5.74, 6) is 0.500. The third-order valence-electron chi connectivity index (χ3n) is 3.60. The molecule has 2 N–H and O–H groups in total. The molecule has 0 aromatic heterocycles. The second-order valence-corrected chi connectivity index (χ2v) is 8.20. The molecule has 2 atom stereocenters. The molecule has 0 aliphatic carbocycles. The summed E-state index contributed by atoms with van der Waals surface area (Å²) in [6, 6.07) is 10.8. The molecule has 0 saturated carbocycles. The number of rotatable bonds is 7. The molecule has 0 heterocycles. The van der Waals surface area contributed by atoms with Crippen molar-refractivity contribution in [2.24, 2.45) is 11.3 Å². The average molecular weight is 291 g/mol. The summed E-state index contributed by atoms with van der Waals surface area (Å²) in [5.41, 5.74) is 0.893. The highest BCUT2D eigenvalue weighted by molar-refractivity contribution is 5.19. The van der Waals surface area contributed by atoms with Gasteiger partial charge in [-0.05, 0) is 36.7 Å². The average Bonchev–Trinajstić information content (AvgIpc) is 2.33. The van der Waals surface area contributed by atoms with Gasteiger partial charge in [0.15, 0.2) is 0 Å². The molecule has 0 saturated heterocycles. The Morgan fingerprint density at radius 1 is 1.00 bits per heavy atom. The minimum atomic E-state index is -0.654. The molecule has 2 unspecified atom stereocenters. The van der Waals surface area contributed by atoms with E-state index in [9.17, 15) is 5.11 Å². The third-order valence-corrected chi connectivity index (χ3v) is 3.60. The molecule has 0 radical (unpaired) electrons. The molecule has 2 heteroatoms. The standard InChI is InChI=1S/C19H33NO/c1-15(2)12-19(6,21)14-20-17(13-18(3,4)5)16-10-8-7-9-11-16/h7-11,15,17,20-21H,12-14H2,1-6H3. The van der Waals surface area contributed by atoms with Crippen LogP contribution < -0.4 is 5.32 Å². The Bertz CT molecular complexity index is 403. The van der Waals surface area contributed by atoms with Crippen LogP contribution in [0.25, 0.3) is 0 Å². The van der Waals surface area contributed by atoms with E-state index >= 15 is 0 Å². The van der Waals surface area contributed by atoms with Gasteiger partial charge in [0.2, 0.25) is 0 Å². The first kappa shape index (κ1) is 18.2. The van der Waals surface area contributed by atoms with Crippen LogP contribution in [-0.4, -0.2) is 17.3 Å². The van der Waals surface area contributed by atoms with E-state index in [1.807, 2.05) is 13.0 Å². The van der Waals surface area contributed by atoms with Gasteiger partial charge in [-0.3, -0.25) is 0 Å². The van der Waals surface area contributed by atoms with Crippen molar-refractivity contribution < 1.29 is 5.11 Å². The van der Waals surface area contributed by atoms with E-state index < -0.39 is 5.60 Å². The van der Waals surface area contributed by atoms with Crippen molar-refractivity contribution in [1.82, 2.24) is 5.32 Å². The second-order valence-electron chi connectivity index (χ2n) is 8.20. The second kappa shape index (κ2) is 7.42. The topological polar surface area (TPSA) is 32.3 Å². The van der Waals surface area contributed by atoms with Gasteiger partial charge in [0, 0.05) is 12.6 Å². The fourth-order valence-electron chi connectivity index (χ4n) is 2.90. The first-order valence-corrected chi connectivity index (χ1v) is 8.10. The van der Waals surface area contributed by atoms with Gasteiger partial charge in [0.05, 0.1) is 5.60 Å². The first-order valence-electron chi connectivity index (χ1n) is 8.10. The molecule has 120 valence electrons. The Morgan fingerprint density at radius 2 is 1.57 bits per heavy atom. The molecular weight excluding hydrogens is 258 g/mol. The first-order chi connectivity index (χ1) is 9.59. The van der Waals surface area contributed by atoms with Crippen LogP contribution in [0.4, 0.5) is 0 Å². The SMILES string of the molecule is CC(C)CC(C)(O)CNC(CC(C)(C)C)c1ccccc1. The van der Waals surface area contributed by atoms with E-state index in [4.69, 9.17) is 0 Å². The van der Waals surface area contributed by atoms with Crippen LogP contribution in [0.5, 0.6) is 0 Å². The van der Waals surface area contributed by atoms with Gasteiger partial charge >= 0.3 is 0 Å². The minimum absolute atomic E-state index is 0.247. The number of benzene rings is 1. The molecule has 1 rings (SSSR count). The van der Waals surface area contributed by atoms with Crippen molar-refractivity contribution in [3.63, 3.8) is 0 Å². The van der Waals surface area contributed by atoms with E-state index in [2.05, 4.69) is 64.2 Å². The van der Waals surface area contributed by atoms with Gasteiger partial charge in [-0.15, -0.1) is 0 Å². The molecule has 0 aliphatic rings. The lowest BCUT2D eigenvalue weighted by Crippen LogP contribution is -2.41. The van der Waals surface area contributed by atoms with Crippen molar-refractivity contribution in [1.29, 1.82) is 0 Å². The van der Waals surface area contributed by atoms with Crippen LogP contribution in [0.15, 0.2) is 30.3 Å². The molecule has 0 bridgehead atoms. The monoisotopic (exact) mass is 291 g/mol. The zero-order valence-electron chi connectivity index (χ0n) is 14.6. The zero-order valence-corrected chi connectivity index (χ0v) is 14.6. The number of hydrogen-bond donors (Lipinski definition) is 2. The fraction of sp³-hybridized carbons (Fsp3) is 0.684.